The predicted octanol–water partition coefficient (Wildman–Crippen LogP) is 7.93. The molecule has 20 heavy (non-hydrogen) atoms. The van der Waals surface area contributed by atoms with Crippen LogP contribution in [0.5, 0.6) is 0 Å². The summed E-state index contributed by atoms with van der Waals surface area (Å²) in [6.07, 6.45) is 26.2. The van der Waals surface area contributed by atoms with E-state index in [1.54, 1.807) is 0 Å². The Kier molecular flexibility index (Phi) is 18.9. The van der Waals surface area contributed by atoms with E-state index >= 15 is 0 Å². The molecule has 0 aromatic heterocycles. The topological polar surface area (TPSA) is 0 Å². The van der Waals surface area contributed by atoms with Crippen molar-refractivity contribution in [2.75, 3.05) is 0 Å². The first kappa shape index (κ1) is 20.0. The lowest BCUT2D eigenvalue weighted by Crippen LogP contribution is -1.79. The molecular formula is C19H35Br. The van der Waals surface area contributed by atoms with Crippen LogP contribution in [0.4, 0.5) is 0 Å². The van der Waals surface area contributed by atoms with Gasteiger partial charge in [-0.3, -0.25) is 0 Å². The second-order valence-corrected chi connectivity index (χ2v) is 6.26. The van der Waals surface area contributed by atoms with Gasteiger partial charge < -0.3 is 0 Å². The predicted molar refractivity (Wildman–Crippen MR) is 97.5 cm³/mol. The highest BCUT2D eigenvalue weighted by Gasteiger charge is 1.90. The lowest BCUT2D eigenvalue weighted by atomic mass is 10.1. The number of halogens is 1. The average molecular weight is 343 g/mol. The Morgan fingerprint density at radius 1 is 0.550 bits per heavy atom. The molecule has 0 aliphatic heterocycles. The minimum absolute atomic E-state index is 1.23. The summed E-state index contributed by atoms with van der Waals surface area (Å²) in [5, 5.41) is 0. The molecule has 0 aliphatic rings. The van der Waals surface area contributed by atoms with Crippen LogP contribution >= 0.6 is 15.9 Å². The molecule has 0 rings (SSSR count). The average Bonchev–Trinajstić information content (AvgIpc) is 2.47. The van der Waals surface area contributed by atoms with Gasteiger partial charge in [0.2, 0.25) is 0 Å². The Labute approximate surface area is 136 Å². The van der Waals surface area contributed by atoms with Gasteiger partial charge in [0.25, 0.3) is 0 Å². The van der Waals surface area contributed by atoms with Crippen molar-refractivity contribution in [3.63, 3.8) is 0 Å². The van der Waals surface area contributed by atoms with E-state index in [0.717, 1.165) is 0 Å². The van der Waals surface area contributed by atoms with Gasteiger partial charge in [0.15, 0.2) is 0 Å². The van der Waals surface area contributed by atoms with Crippen molar-refractivity contribution in [1.82, 2.24) is 0 Å². The molecule has 0 spiro atoms. The van der Waals surface area contributed by atoms with E-state index in [4.69, 9.17) is 0 Å². The highest BCUT2D eigenvalue weighted by atomic mass is 79.9. The first-order chi connectivity index (χ1) is 9.91. The Morgan fingerprint density at radius 2 is 0.950 bits per heavy atom. The van der Waals surface area contributed by atoms with Gasteiger partial charge in [-0.05, 0) is 43.5 Å². The van der Waals surface area contributed by atoms with Crippen molar-refractivity contribution >= 4 is 15.9 Å². The Hall–Kier alpha value is -0.0400. The van der Waals surface area contributed by atoms with Crippen LogP contribution in [0.1, 0.15) is 96.8 Å². The zero-order valence-corrected chi connectivity index (χ0v) is 15.2. The normalized spacial score (nSPS) is 11.9. The molecule has 0 radical (unpaired) electrons. The molecule has 0 fully saturated rings. The van der Waals surface area contributed by atoms with Crippen LogP contribution in [0, 0.1) is 0 Å². The molecule has 0 heterocycles. The third-order valence-corrected chi connectivity index (χ3v) is 4.10. The van der Waals surface area contributed by atoms with Crippen molar-refractivity contribution in [2.24, 2.45) is 0 Å². The van der Waals surface area contributed by atoms with Gasteiger partial charge in [-0.25, -0.2) is 0 Å². The Morgan fingerprint density at radius 3 is 1.40 bits per heavy atom. The summed E-state index contributed by atoms with van der Waals surface area (Å²) in [6.45, 7) is 2.28. The van der Waals surface area contributed by atoms with Gasteiger partial charge in [-0.1, -0.05) is 92.4 Å². The molecule has 0 aromatic carbocycles. The summed E-state index contributed by atoms with van der Waals surface area (Å²) < 4.78 is 0. The molecule has 0 atom stereocenters. The van der Waals surface area contributed by atoms with Crippen LogP contribution in [-0.4, -0.2) is 0 Å². The van der Waals surface area contributed by atoms with Crippen molar-refractivity contribution in [3.8, 4) is 0 Å². The van der Waals surface area contributed by atoms with Gasteiger partial charge in [0, 0.05) is 0 Å². The molecule has 1 heteroatoms. The van der Waals surface area contributed by atoms with Crippen molar-refractivity contribution in [2.45, 2.75) is 96.8 Å². The summed E-state index contributed by atoms with van der Waals surface area (Å²) in [5.41, 5.74) is 0. The fourth-order valence-electron chi connectivity index (χ4n) is 2.40. The van der Waals surface area contributed by atoms with Crippen LogP contribution in [-0.2, 0) is 0 Å². The van der Waals surface area contributed by atoms with Crippen molar-refractivity contribution in [3.05, 3.63) is 23.2 Å². The molecule has 0 saturated carbocycles. The van der Waals surface area contributed by atoms with E-state index in [0.29, 0.717) is 0 Å². The Bertz CT molecular complexity index is 218. The number of hydrogen-bond acceptors (Lipinski definition) is 0. The second kappa shape index (κ2) is 19.0. The molecular weight excluding hydrogens is 308 g/mol. The number of hydrogen-bond donors (Lipinski definition) is 0. The molecule has 0 nitrogen and oxygen atoms in total. The van der Waals surface area contributed by atoms with Gasteiger partial charge >= 0.3 is 0 Å². The van der Waals surface area contributed by atoms with E-state index in [2.05, 4.69) is 41.1 Å². The number of rotatable bonds is 15. The second-order valence-electron chi connectivity index (χ2n) is 5.73. The summed E-state index contributed by atoms with van der Waals surface area (Å²) >= 11 is 3.31. The highest BCUT2D eigenvalue weighted by molar-refractivity contribution is 9.11. The van der Waals surface area contributed by atoms with E-state index < -0.39 is 0 Å². The maximum Gasteiger partial charge on any atom is -0.0229 e. The molecule has 0 N–H and O–H groups in total. The molecule has 0 saturated heterocycles. The minimum Gasteiger partial charge on any atom is -0.0885 e. The summed E-state index contributed by atoms with van der Waals surface area (Å²) in [4.78, 5) is 1.97. The first-order valence-corrected chi connectivity index (χ1v) is 9.73. The molecule has 0 bridgehead atoms. The largest absolute Gasteiger partial charge is 0.0885 e. The first-order valence-electron chi connectivity index (χ1n) is 8.82. The summed E-state index contributed by atoms with van der Waals surface area (Å²) in [6, 6.07) is 0. The van der Waals surface area contributed by atoms with Crippen LogP contribution < -0.4 is 0 Å². The monoisotopic (exact) mass is 342 g/mol. The fraction of sp³-hybridized carbons (Fsp3) is 0.789. The van der Waals surface area contributed by atoms with Gasteiger partial charge in [0.1, 0.15) is 0 Å². The third kappa shape index (κ3) is 18.0. The van der Waals surface area contributed by atoms with Crippen LogP contribution in [0.2, 0.25) is 0 Å². The molecule has 0 amide bonds. The molecule has 0 unspecified atom stereocenters. The van der Waals surface area contributed by atoms with Crippen molar-refractivity contribution in [1.29, 1.82) is 0 Å². The summed E-state index contributed by atoms with van der Waals surface area (Å²) in [5.74, 6) is 0. The lowest BCUT2D eigenvalue weighted by molar-refractivity contribution is 0.609. The van der Waals surface area contributed by atoms with Crippen molar-refractivity contribution < 1.29 is 0 Å². The molecule has 118 valence electrons. The highest BCUT2D eigenvalue weighted by Crippen LogP contribution is 2.10. The van der Waals surface area contributed by atoms with Crippen LogP contribution in [0.3, 0.4) is 0 Å². The number of unbranched alkanes of at least 4 members (excludes halogenated alkanes) is 12. The SMILES string of the molecule is CCCCCCCC/C=C/CCCCCCC/C=C\Br. The third-order valence-electron chi connectivity index (χ3n) is 3.72. The smallest absolute Gasteiger partial charge is 0.0229 e. The Balaban J connectivity index is 3.05. The zero-order valence-electron chi connectivity index (χ0n) is 13.6. The quantitative estimate of drug-likeness (QED) is 0.209. The minimum atomic E-state index is 1.23. The maximum absolute atomic E-state index is 3.31. The van der Waals surface area contributed by atoms with E-state index in [1.165, 1.54) is 89.9 Å². The maximum atomic E-state index is 3.31. The van der Waals surface area contributed by atoms with E-state index in [9.17, 15) is 0 Å². The molecule has 0 aromatic rings. The van der Waals surface area contributed by atoms with E-state index in [1.807, 2.05) is 4.99 Å². The van der Waals surface area contributed by atoms with E-state index in [-0.39, 0.29) is 0 Å². The van der Waals surface area contributed by atoms with Gasteiger partial charge in [0.05, 0.1) is 0 Å². The lowest BCUT2D eigenvalue weighted by Gasteiger charge is -1.99. The van der Waals surface area contributed by atoms with Crippen LogP contribution in [0.15, 0.2) is 23.2 Å². The molecule has 0 aliphatic carbocycles. The van der Waals surface area contributed by atoms with Gasteiger partial charge in [-0.15, -0.1) is 0 Å². The standard InChI is InChI=1S/C19H35Br/c1-2-3-4-5-6-7-8-9-10-11-12-13-14-15-16-17-18-19-20/h9-10,18-19H,2-8,11-17H2,1H3/b10-9+,19-18-. The zero-order chi connectivity index (χ0) is 14.7. The van der Waals surface area contributed by atoms with Gasteiger partial charge in [-0.2, -0.15) is 0 Å². The number of allylic oxidation sites excluding steroid dienone is 3. The van der Waals surface area contributed by atoms with Crippen LogP contribution in [0.25, 0.3) is 0 Å². The fourth-order valence-corrected chi connectivity index (χ4v) is 2.66. The summed E-state index contributed by atoms with van der Waals surface area (Å²) in [7, 11) is 0.